The third-order valence-corrected chi connectivity index (χ3v) is 5.92. The molecule has 4 aromatic rings. The van der Waals surface area contributed by atoms with E-state index < -0.39 is 0 Å². The molecule has 2 aromatic carbocycles. The summed E-state index contributed by atoms with van der Waals surface area (Å²) in [5, 5.41) is 7.31. The molecule has 1 amide bonds. The molecular weight excluding hydrogens is 406 g/mol. The quantitative estimate of drug-likeness (QED) is 0.454. The Morgan fingerprint density at radius 2 is 1.65 bits per heavy atom. The number of anilines is 1. The fourth-order valence-electron chi connectivity index (χ4n) is 3.29. The standard InChI is InChI=1S/C24H25N5OS/c1-15(2)18-5-9-20(10-6-18)31-21-11-7-19(8-12-21)26-23(30)14-22-27-24-25-16(3)13-17(4)29(24)28-22/h5-13,15H,14H2,1-4H3,(H,26,30). The van der Waals surface area contributed by atoms with Gasteiger partial charge in [0.1, 0.15) is 0 Å². The van der Waals surface area contributed by atoms with Crippen LogP contribution in [0.5, 0.6) is 0 Å². The van der Waals surface area contributed by atoms with Crippen molar-refractivity contribution < 1.29 is 4.79 Å². The number of aryl methyl sites for hydroxylation is 2. The molecule has 0 unspecified atom stereocenters. The van der Waals surface area contributed by atoms with Gasteiger partial charge < -0.3 is 5.32 Å². The van der Waals surface area contributed by atoms with Crippen molar-refractivity contribution >= 4 is 29.1 Å². The monoisotopic (exact) mass is 431 g/mol. The minimum absolute atomic E-state index is 0.0978. The Bertz CT molecular complexity index is 1210. The highest BCUT2D eigenvalue weighted by molar-refractivity contribution is 7.99. The fraction of sp³-hybridized carbons (Fsp3) is 0.250. The Labute approximate surface area is 186 Å². The Morgan fingerprint density at radius 1 is 1.00 bits per heavy atom. The second-order valence-electron chi connectivity index (χ2n) is 7.85. The number of nitrogens with one attached hydrogen (secondary N) is 1. The number of benzene rings is 2. The van der Waals surface area contributed by atoms with E-state index in [1.807, 2.05) is 44.2 Å². The van der Waals surface area contributed by atoms with Gasteiger partial charge >= 0.3 is 0 Å². The number of hydrogen-bond donors (Lipinski definition) is 1. The van der Waals surface area contributed by atoms with Crippen LogP contribution in [0.25, 0.3) is 5.78 Å². The molecule has 4 rings (SSSR count). The first kappa shape index (κ1) is 21.1. The molecule has 0 saturated heterocycles. The highest BCUT2D eigenvalue weighted by Gasteiger charge is 2.12. The lowest BCUT2D eigenvalue weighted by Gasteiger charge is -2.08. The van der Waals surface area contributed by atoms with Crippen molar-refractivity contribution in [2.45, 2.75) is 49.8 Å². The van der Waals surface area contributed by atoms with Crippen molar-refractivity contribution in [2.75, 3.05) is 5.32 Å². The first-order valence-electron chi connectivity index (χ1n) is 10.2. The molecule has 0 spiro atoms. The molecule has 2 heterocycles. The summed E-state index contributed by atoms with van der Waals surface area (Å²) in [7, 11) is 0. The lowest BCUT2D eigenvalue weighted by atomic mass is 10.0. The van der Waals surface area contributed by atoms with E-state index in [1.165, 1.54) is 10.5 Å². The number of carbonyl (C=O) groups is 1. The summed E-state index contributed by atoms with van der Waals surface area (Å²) in [6, 6.07) is 18.4. The molecule has 0 aliphatic rings. The van der Waals surface area contributed by atoms with Crippen LogP contribution in [0.2, 0.25) is 0 Å². The molecule has 0 bridgehead atoms. The second-order valence-corrected chi connectivity index (χ2v) is 9.00. The van der Waals surface area contributed by atoms with Gasteiger partial charge in [-0.05, 0) is 67.8 Å². The lowest BCUT2D eigenvalue weighted by molar-refractivity contribution is -0.115. The molecule has 0 saturated carbocycles. The van der Waals surface area contributed by atoms with Gasteiger partial charge in [0.2, 0.25) is 5.91 Å². The summed E-state index contributed by atoms with van der Waals surface area (Å²) in [6.07, 6.45) is 0.0978. The molecule has 0 atom stereocenters. The third kappa shape index (κ3) is 5.11. The Hall–Kier alpha value is -3.19. The van der Waals surface area contributed by atoms with Crippen LogP contribution in [0.15, 0.2) is 64.4 Å². The summed E-state index contributed by atoms with van der Waals surface area (Å²) in [5.74, 6) is 1.34. The second kappa shape index (κ2) is 8.89. The highest BCUT2D eigenvalue weighted by atomic mass is 32.2. The van der Waals surface area contributed by atoms with Crippen LogP contribution >= 0.6 is 11.8 Å². The number of hydrogen-bond acceptors (Lipinski definition) is 5. The molecule has 2 aromatic heterocycles. The topological polar surface area (TPSA) is 72.2 Å². The Kier molecular flexibility index (Phi) is 6.04. The van der Waals surface area contributed by atoms with Gasteiger partial charge in [-0.2, -0.15) is 4.98 Å². The molecule has 31 heavy (non-hydrogen) atoms. The van der Waals surface area contributed by atoms with Crippen molar-refractivity contribution in [3.8, 4) is 0 Å². The molecule has 0 fully saturated rings. The zero-order valence-electron chi connectivity index (χ0n) is 18.1. The number of fused-ring (bicyclic) bond motifs is 1. The van der Waals surface area contributed by atoms with Crippen LogP contribution in [-0.4, -0.2) is 25.5 Å². The number of rotatable bonds is 6. The number of carbonyl (C=O) groups excluding carboxylic acids is 1. The van der Waals surface area contributed by atoms with E-state index >= 15 is 0 Å². The third-order valence-electron chi connectivity index (χ3n) is 4.90. The average Bonchev–Trinajstić information content (AvgIpc) is 3.12. The average molecular weight is 432 g/mol. The van der Waals surface area contributed by atoms with E-state index in [2.05, 4.69) is 58.5 Å². The van der Waals surface area contributed by atoms with Gasteiger partial charge in [0.25, 0.3) is 5.78 Å². The van der Waals surface area contributed by atoms with E-state index in [4.69, 9.17) is 0 Å². The Balaban J connectivity index is 1.37. The van der Waals surface area contributed by atoms with Gasteiger partial charge in [0.05, 0.1) is 6.42 Å². The molecule has 0 aliphatic carbocycles. The van der Waals surface area contributed by atoms with Gasteiger partial charge in [0, 0.05) is 26.9 Å². The van der Waals surface area contributed by atoms with Crippen LogP contribution in [0.4, 0.5) is 5.69 Å². The molecule has 7 heteroatoms. The van der Waals surface area contributed by atoms with E-state index in [9.17, 15) is 4.79 Å². The lowest BCUT2D eigenvalue weighted by Crippen LogP contribution is -2.15. The SMILES string of the molecule is Cc1cc(C)n2nc(CC(=O)Nc3ccc(Sc4ccc(C(C)C)cc4)cc3)nc2n1. The summed E-state index contributed by atoms with van der Waals surface area (Å²) in [4.78, 5) is 23.5. The van der Waals surface area contributed by atoms with Gasteiger partial charge in [-0.25, -0.2) is 9.50 Å². The van der Waals surface area contributed by atoms with Crippen molar-refractivity contribution in [2.24, 2.45) is 0 Å². The predicted molar refractivity (Wildman–Crippen MR) is 124 cm³/mol. The minimum Gasteiger partial charge on any atom is -0.326 e. The maximum absolute atomic E-state index is 12.4. The first-order chi connectivity index (χ1) is 14.9. The Morgan fingerprint density at radius 3 is 2.29 bits per heavy atom. The summed E-state index contributed by atoms with van der Waals surface area (Å²) in [5.41, 5.74) is 3.90. The molecule has 158 valence electrons. The van der Waals surface area contributed by atoms with Crippen LogP contribution in [0.3, 0.4) is 0 Å². The van der Waals surface area contributed by atoms with Crippen LogP contribution in [0.1, 0.15) is 42.5 Å². The van der Waals surface area contributed by atoms with Crippen molar-refractivity contribution in [1.29, 1.82) is 0 Å². The number of aromatic nitrogens is 4. The molecule has 6 nitrogen and oxygen atoms in total. The van der Waals surface area contributed by atoms with Gasteiger partial charge in [-0.3, -0.25) is 4.79 Å². The maximum atomic E-state index is 12.4. The van der Waals surface area contributed by atoms with Gasteiger partial charge in [0.15, 0.2) is 5.82 Å². The van der Waals surface area contributed by atoms with E-state index in [0.29, 0.717) is 17.5 Å². The van der Waals surface area contributed by atoms with Crippen molar-refractivity contribution in [3.05, 3.63) is 77.4 Å². The van der Waals surface area contributed by atoms with Crippen LogP contribution in [0, 0.1) is 13.8 Å². The number of nitrogens with zero attached hydrogens (tertiary/aromatic N) is 4. The maximum Gasteiger partial charge on any atom is 0.252 e. The van der Waals surface area contributed by atoms with Crippen molar-refractivity contribution in [3.63, 3.8) is 0 Å². The van der Waals surface area contributed by atoms with E-state index in [-0.39, 0.29) is 12.3 Å². The fourth-order valence-corrected chi connectivity index (χ4v) is 4.11. The van der Waals surface area contributed by atoms with Crippen LogP contribution in [-0.2, 0) is 11.2 Å². The summed E-state index contributed by atoms with van der Waals surface area (Å²) >= 11 is 1.70. The number of amides is 1. The van der Waals surface area contributed by atoms with Gasteiger partial charge in [-0.1, -0.05) is 37.7 Å². The van der Waals surface area contributed by atoms with E-state index in [0.717, 1.165) is 22.0 Å². The highest BCUT2D eigenvalue weighted by Crippen LogP contribution is 2.29. The minimum atomic E-state index is -0.157. The normalized spacial score (nSPS) is 11.3. The van der Waals surface area contributed by atoms with Crippen molar-refractivity contribution in [1.82, 2.24) is 19.6 Å². The molecular formula is C24H25N5OS. The smallest absolute Gasteiger partial charge is 0.252 e. The van der Waals surface area contributed by atoms with Crippen LogP contribution < -0.4 is 5.32 Å². The molecule has 1 N–H and O–H groups in total. The zero-order valence-corrected chi connectivity index (χ0v) is 18.9. The first-order valence-corrected chi connectivity index (χ1v) is 11.1. The molecule has 0 aliphatic heterocycles. The zero-order chi connectivity index (χ0) is 22.0. The summed E-state index contributed by atoms with van der Waals surface area (Å²) in [6.45, 7) is 8.24. The van der Waals surface area contributed by atoms with Gasteiger partial charge in [-0.15, -0.1) is 5.10 Å². The van der Waals surface area contributed by atoms with E-state index in [1.54, 1.807) is 16.3 Å². The molecule has 0 radical (unpaired) electrons. The summed E-state index contributed by atoms with van der Waals surface area (Å²) < 4.78 is 1.66. The largest absolute Gasteiger partial charge is 0.326 e. The predicted octanol–water partition coefficient (Wildman–Crippen LogP) is 5.20.